The molecule has 7 heteroatoms. The molecule has 0 aliphatic carbocycles. The Morgan fingerprint density at radius 2 is 2.00 bits per heavy atom. The summed E-state index contributed by atoms with van der Waals surface area (Å²) in [6, 6.07) is 1.87. The number of pyridine rings is 1. The van der Waals surface area contributed by atoms with Gasteiger partial charge in [-0.3, -0.25) is 4.98 Å². The molecule has 0 saturated heterocycles. The van der Waals surface area contributed by atoms with Crippen LogP contribution >= 0.6 is 11.3 Å². The third kappa shape index (κ3) is 2.13. The maximum atomic E-state index is 12.4. The molecule has 84 valence electrons. The Bertz CT molecular complexity index is 507. The Labute approximate surface area is 92.8 Å². The largest absolute Gasteiger partial charge is 0.416 e. The zero-order valence-corrected chi connectivity index (χ0v) is 8.64. The van der Waals surface area contributed by atoms with Crippen LogP contribution in [-0.2, 0) is 6.18 Å². The van der Waals surface area contributed by atoms with Crippen LogP contribution in [0.1, 0.15) is 5.56 Å². The van der Waals surface area contributed by atoms with Gasteiger partial charge in [0.2, 0.25) is 0 Å². The van der Waals surface area contributed by atoms with E-state index in [1.165, 1.54) is 0 Å². The predicted molar refractivity (Wildman–Crippen MR) is 54.8 cm³/mol. The number of aromatic nitrogens is 2. The lowest BCUT2D eigenvalue weighted by molar-refractivity contribution is -0.137. The summed E-state index contributed by atoms with van der Waals surface area (Å²) in [6.45, 7) is 0. The summed E-state index contributed by atoms with van der Waals surface area (Å²) < 4.78 is 37.3. The number of anilines is 1. The summed E-state index contributed by atoms with van der Waals surface area (Å²) in [5, 5.41) is 1.87. The molecule has 0 unspecified atom stereocenters. The molecule has 2 N–H and O–H groups in total. The smallest absolute Gasteiger partial charge is 0.375 e. The van der Waals surface area contributed by atoms with Gasteiger partial charge in [0.15, 0.2) is 5.13 Å². The van der Waals surface area contributed by atoms with Crippen LogP contribution in [0.4, 0.5) is 18.3 Å². The van der Waals surface area contributed by atoms with Gasteiger partial charge in [-0.05, 0) is 12.1 Å². The first kappa shape index (κ1) is 10.9. The maximum Gasteiger partial charge on any atom is 0.416 e. The van der Waals surface area contributed by atoms with Gasteiger partial charge in [0.1, 0.15) is 5.69 Å². The van der Waals surface area contributed by atoms with Crippen molar-refractivity contribution in [2.24, 2.45) is 0 Å². The van der Waals surface area contributed by atoms with Gasteiger partial charge >= 0.3 is 6.18 Å². The summed E-state index contributed by atoms with van der Waals surface area (Å²) in [4.78, 5) is 7.70. The Morgan fingerprint density at radius 1 is 1.25 bits per heavy atom. The van der Waals surface area contributed by atoms with Gasteiger partial charge in [0.25, 0.3) is 0 Å². The van der Waals surface area contributed by atoms with E-state index in [0.29, 0.717) is 10.8 Å². The van der Waals surface area contributed by atoms with Crippen LogP contribution in [0, 0.1) is 0 Å². The van der Waals surface area contributed by atoms with E-state index in [9.17, 15) is 13.2 Å². The zero-order chi connectivity index (χ0) is 11.8. The molecule has 0 aliphatic heterocycles. The number of thiazole rings is 1. The molecule has 2 heterocycles. The number of halogens is 3. The minimum absolute atomic E-state index is 0.169. The first-order chi connectivity index (χ1) is 7.47. The fraction of sp³-hybridized carbons (Fsp3) is 0.111. The number of alkyl halides is 3. The predicted octanol–water partition coefficient (Wildman–Crippen LogP) is 2.81. The van der Waals surface area contributed by atoms with Crippen molar-refractivity contribution in [3.05, 3.63) is 29.3 Å². The highest BCUT2D eigenvalue weighted by molar-refractivity contribution is 7.13. The van der Waals surface area contributed by atoms with Gasteiger partial charge in [-0.25, -0.2) is 4.98 Å². The molecule has 0 spiro atoms. The number of nitrogen functional groups attached to an aromatic ring is 1. The zero-order valence-electron chi connectivity index (χ0n) is 7.82. The summed E-state index contributed by atoms with van der Waals surface area (Å²) >= 11 is 1.16. The highest BCUT2D eigenvalue weighted by Crippen LogP contribution is 2.31. The number of nitrogens with two attached hydrogens (primary N) is 1. The van der Waals surface area contributed by atoms with Crippen molar-refractivity contribution in [3.8, 4) is 11.4 Å². The fourth-order valence-electron chi connectivity index (χ4n) is 1.15. The fourth-order valence-corrected chi connectivity index (χ4v) is 1.71. The van der Waals surface area contributed by atoms with Crippen LogP contribution in [0.3, 0.4) is 0 Å². The van der Waals surface area contributed by atoms with Crippen molar-refractivity contribution in [1.82, 2.24) is 9.97 Å². The van der Waals surface area contributed by atoms with Crippen LogP contribution in [0.2, 0.25) is 0 Å². The Kier molecular flexibility index (Phi) is 2.55. The molecule has 2 aromatic heterocycles. The van der Waals surface area contributed by atoms with Crippen LogP contribution in [0.25, 0.3) is 11.4 Å². The monoisotopic (exact) mass is 245 g/mol. The standard InChI is InChI=1S/C9H6F3N3S/c10-9(11,12)5-1-2-14-6(3-5)7-4-16-8(13)15-7/h1-4H,(H2,13,15). The van der Waals surface area contributed by atoms with Crippen molar-refractivity contribution >= 4 is 16.5 Å². The Balaban J connectivity index is 2.44. The van der Waals surface area contributed by atoms with Gasteiger partial charge in [-0.1, -0.05) is 0 Å². The molecule has 0 radical (unpaired) electrons. The third-order valence-electron chi connectivity index (χ3n) is 1.87. The van der Waals surface area contributed by atoms with E-state index in [2.05, 4.69) is 9.97 Å². The molecule has 0 aromatic carbocycles. The summed E-state index contributed by atoms with van der Waals surface area (Å²) in [5.41, 5.74) is 5.18. The van der Waals surface area contributed by atoms with Crippen LogP contribution < -0.4 is 5.73 Å². The quantitative estimate of drug-likeness (QED) is 0.840. The number of rotatable bonds is 1. The number of nitrogens with zero attached hydrogens (tertiary/aromatic N) is 2. The molecular formula is C9H6F3N3S. The van der Waals surface area contributed by atoms with Crippen LogP contribution in [0.5, 0.6) is 0 Å². The topological polar surface area (TPSA) is 51.8 Å². The van der Waals surface area contributed by atoms with Crippen molar-refractivity contribution in [3.63, 3.8) is 0 Å². The number of hydrogen-bond acceptors (Lipinski definition) is 4. The average molecular weight is 245 g/mol. The van der Waals surface area contributed by atoms with E-state index in [-0.39, 0.29) is 5.69 Å². The van der Waals surface area contributed by atoms with Crippen molar-refractivity contribution < 1.29 is 13.2 Å². The van der Waals surface area contributed by atoms with E-state index < -0.39 is 11.7 Å². The molecular weight excluding hydrogens is 239 g/mol. The molecule has 2 aromatic rings. The molecule has 0 saturated carbocycles. The second-order valence-corrected chi connectivity index (χ2v) is 3.89. The molecule has 0 atom stereocenters. The molecule has 16 heavy (non-hydrogen) atoms. The SMILES string of the molecule is Nc1nc(-c2cc(C(F)(F)F)ccn2)cs1. The maximum absolute atomic E-state index is 12.4. The molecule has 0 aliphatic rings. The lowest BCUT2D eigenvalue weighted by atomic mass is 10.2. The van der Waals surface area contributed by atoms with Gasteiger partial charge in [-0.2, -0.15) is 13.2 Å². The lowest BCUT2D eigenvalue weighted by Crippen LogP contribution is -2.05. The second-order valence-electron chi connectivity index (χ2n) is 3.00. The van der Waals surface area contributed by atoms with Crippen molar-refractivity contribution in [2.75, 3.05) is 5.73 Å². The van der Waals surface area contributed by atoms with E-state index in [4.69, 9.17) is 5.73 Å². The second kappa shape index (κ2) is 3.75. The number of hydrogen-bond donors (Lipinski definition) is 1. The van der Waals surface area contributed by atoms with Crippen LogP contribution in [-0.4, -0.2) is 9.97 Å². The Morgan fingerprint density at radius 3 is 2.56 bits per heavy atom. The third-order valence-corrected chi connectivity index (χ3v) is 2.55. The summed E-state index contributed by atoms with van der Waals surface area (Å²) in [6.07, 6.45) is -3.27. The highest BCUT2D eigenvalue weighted by Gasteiger charge is 2.30. The van der Waals surface area contributed by atoms with Crippen molar-refractivity contribution in [1.29, 1.82) is 0 Å². The molecule has 2 rings (SSSR count). The van der Waals surface area contributed by atoms with E-state index in [1.54, 1.807) is 5.38 Å². The van der Waals surface area contributed by atoms with Gasteiger partial charge in [-0.15, -0.1) is 11.3 Å². The van der Waals surface area contributed by atoms with E-state index >= 15 is 0 Å². The first-order valence-corrected chi connectivity index (χ1v) is 5.09. The van der Waals surface area contributed by atoms with Crippen molar-refractivity contribution in [2.45, 2.75) is 6.18 Å². The Hall–Kier alpha value is -1.63. The summed E-state index contributed by atoms with van der Waals surface area (Å²) in [7, 11) is 0. The molecule has 0 fully saturated rings. The van der Waals surface area contributed by atoms with Gasteiger partial charge in [0, 0.05) is 11.6 Å². The van der Waals surface area contributed by atoms with Crippen LogP contribution in [0.15, 0.2) is 23.7 Å². The first-order valence-electron chi connectivity index (χ1n) is 4.21. The van der Waals surface area contributed by atoms with Gasteiger partial charge in [0.05, 0.1) is 11.3 Å². The highest BCUT2D eigenvalue weighted by atomic mass is 32.1. The van der Waals surface area contributed by atoms with Gasteiger partial charge < -0.3 is 5.73 Å². The summed E-state index contributed by atoms with van der Waals surface area (Å²) in [5.74, 6) is 0. The molecule has 3 nitrogen and oxygen atoms in total. The lowest BCUT2D eigenvalue weighted by Gasteiger charge is -2.06. The minimum Gasteiger partial charge on any atom is -0.375 e. The molecule has 0 bridgehead atoms. The van der Waals surface area contributed by atoms with E-state index in [1.807, 2.05) is 0 Å². The van der Waals surface area contributed by atoms with E-state index in [0.717, 1.165) is 29.7 Å². The average Bonchev–Trinajstić information content (AvgIpc) is 2.64. The normalized spacial score (nSPS) is 11.7. The molecule has 0 amide bonds. The minimum atomic E-state index is -4.38.